The van der Waals surface area contributed by atoms with Gasteiger partial charge in [-0.2, -0.15) is 4.37 Å². The van der Waals surface area contributed by atoms with Crippen LogP contribution in [0.25, 0.3) is 0 Å². The van der Waals surface area contributed by atoms with Crippen LogP contribution in [0, 0.1) is 13.8 Å². The van der Waals surface area contributed by atoms with Crippen molar-refractivity contribution < 1.29 is 4.79 Å². The van der Waals surface area contributed by atoms with Crippen molar-refractivity contribution >= 4 is 17.3 Å². The Bertz CT molecular complexity index is 468. The molecule has 2 rings (SSSR count). The highest BCUT2D eigenvalue weighted by atomic mass is 32.1. The van der Waals surface area contributed by atoms with Crippen LogP contribution in [-0.2, 0) is 0 Å². The Morgan fingerprint density at radius 3 is 2.40 bits per heavy atom. The quantitative estimate of drug-likeness (QED) is 0.724. The monoisotopic (exact) mass is 217 g/mol. The highest BCUT2D eigenvalue weighted by Crippen LogP contribution is 2.17. The Balaban J connectivity index is 2.51. The SMILES string of the molecule is Cc1cccc(C)c1C(=O)c1ccsn1. The zero-order valence-corrected chi connectivity index (χ0v) is 9.47. The predicted molar refractivity (Wildman–Crippen MR) is 61.5 cm³/mol. The Hall–Kier alpha value is -1.48. The van der Waals surface area contributed by atoms with Gasteiger partial charge in [0.15, 0.2) is 0 Å². The van der Waals surface area contributed by atoms with E-state index in [2.05, 4.69) is 4.37 Å². The van der Waals surface area contributed by atoms with E-state index in [4.69, 9.17) is 0 Å². The average Bonchev–Trinajstić information content (AvgIpc) is 2.69. The summed E-state index contributed by atoms with van der Waals surface area (Å²) in [5.41, 5.74) is 3.34. The topological polar surface area (TPSA) is 30.0 Å². The van der Waals surface area contributed by atoms with Gasteiger partial charge in [-0.25, -0.2) is 0 Å². The molecule has 0 amide bonds. The van der Waals surface area contributed by atoms with Crippen LogP contribution in [0.5, 0.6) is 0 Å². The smallest absolute Gasteiger partial charge is 0.212 e. The maximum absolute atomic E-state index is 12.1. The van der Waals surface area contributed by atoms with Gasteiger partial charge in [-0.05, 0) is 42.6 Å². The molecule has 1 aromatic heterocycles. The number of hydrogen-bond donors (Lipinski definition) is 0. The number of aromatic nitrogens is 1. The Labute approximate surface area is 92.7 Å². The normalized spacial score (nSPS) is 10.3. The Morgan fingerprint density at radius 1 is 1.20 bits per heavy atom. The van der Waals surface area contributed by atoms with Crippen LogP contribution in [0.3, 0.4) is 0 Å². The molecule has 0 bridgehead atoms. The molecule has 2 aromatic rings. The van der Waals surface area contributed by atoms with E-state index in [0.29, 0.717) is 5.69 Å². The van der Waals surface area contributed by atoms with Crippen molar-refractivity contribution in [2.45, 2.75) is 13.8 Å². The first-order valence-electron chi connectivity index (χ1n) is 4.71. The molecule has 0 aliphatic rings. The third kappa shape index (κ3) is 1.83. The van der Waals surface area contributed by atoms with Gasteiger partial charge in [0.25, 0.3) is 0 Å². The average molecular weight is 217 g/mol. The summed E-state index contributed by atoms with van der Waals surface area (Å²) in [4.78, 5) is 12.1. The van der Waals surface area contributed by atoms with Gasteiger partial charge < -0.3 is 0 Å². The molecule has 76 valence electrons. The molecule has 1 heterocycles. The van der Waals surface area contributed by atoms with Crippen molar-refractivity contribution in [2.75, 3.05) is 0 Å². The lowest BCUT2D eigenvalue weighted by atomic mass is 9.98. The first-order chi connectivity index (χ1) is 7.20. The van der Waals surface area contributed by atoms with Crippen LogP contribution < -0.4 is 0 Å². The van der Waals surface area contributed by atoms with Crippen molar-refractivity contribution in [3.8, 4) is 0 Å². The van der Waals surface area contributed by atoms with Gasteiger partial charge in [0, 0.05) is 10.9 Å². The molecule has 0 aliphatic carbocycles. The third-order valence-corrected chi connectivity index (χ3v) is 2.94. The fraction of sp³-hybridized carbons (Fsp3) is 0.167. The molecule has 0 N–H and O–H groups in total. The molecule has 2 nitrogen and oxygen atoms in total. The van der Waals surface area contributed by atoms with Crippen LogP contribution in [0.2, 0.25) is 0 Å². The summed E-state index contributed by atoms with van der Waals surface area (Å²) in [6, 6.07) is 7.63. The zero-order chi connectivity index (χ0) is 10.8. The van der Waals surface area contributed by atoms with Crippen LogP contribution in [0.1, 0.15) is 27.2 Å². The lowest BCUT2D eigenvalue weighted by molar-refractivity contribution is 0.103. The Morgan fingerprint density at radius 2 is 1.87 bits per heavy atom. The number of benzene rings is 1. The predicted octanol–water partition coefficient (Wildman–Crippen LogP) is 2.99. The first kappa shape index (κ1) is 10.1. The van der Waals surface area contributed by atoms with Gasteiger partial charge in [0.1, 0.15) is 5.69 Å². The van der Waals surface area contributed by atoms with E-state index >= 15 is 0 Å². The van der Waals surface area contributed by atoms with Crippen molar-refractivity contribution in [1.82, 2.24) is 4.37 Å². The van der Waals surface area contributed by atoms with Gasteiger partial charge in [-0.1, -0.05) is 18.2 Å². The van der Waals surface area contributed by atoms with E-state index in [1.807, 2.05) is 37.4 Å². The van der Waals surface area contributed by atoms with Crippen molar-refractivity contribution in [3.05, 3.63) is 52.0 Å². The first-order valence-corrected chi connectivity index (χ1v) is 5.55. The second-order valence-corrected chi connectivity index (χ2v) is 4.15. The number of hydrogen-bond acceptors (Lipinski definition) is 3. The summed E-state index contributed by atoms with van der Waals surface area (Å²) in [7, 11) is 0. The molecule has 15 heavy (non-hydrogen) atoms. The van der Waals surface area contributed by atoms with Crippen molar-refractivity contribution in [3.63, 3.8) is 0 Å². The van der Waals surface area contributed by atoms with Crippen molar-refractivity contribution in [2.24, 2.45) is 0 Å². The van der Waals surface area contributed by atoms with Crippen LogP contribution in [0.4, 0.5) is 0 Å². The van der Waals surface area contributed by atoms with Crippen LogP contribution >= 0.6 is 11.5 Å². The molecule has 0 unspecified atom stereocenters. The summed E-state index contributed by atoms with van der Waals surface area (Å²) in [6.45, 7) is 3.90. The van der Waals surface area contributed by atoms with E-state index in [1.165, 1.54) is 11.5 Å². The van der Waals surface area contributed by atoms with Crippen LogP contribution in [-0.4, -0.2) is 10.2 Å². The largest absolute Gasteiger partial charge is 0.287 e. The second-order valence-electron chi connectivity index (χ2n) is 3.48. The minimum absolute atomic E-state index is 0.0202. The van der Waals surface area contributed by atoms with Crippen LogP contribution in [0.15, 0.2) is 29.6 Å². The fourth-order valence-corrected chi connectivity index (χ4v) is 2.14. The summed E-state index contributed by atoms with van der Waals surface area (Å²) in [5, 5.41) is 1.82. The molecular formula is C12H11NOS. The minimum atomic E-state index is 0.0202. The van der Waals surface area contributed by atoms with E-state index in [9.17, 15) is 4.79 Å². The molecule has 0 saturated heterocycles. The highest BCUT2D eigenvalue weighted by Gasteiger charge is 2.15. The molecule has 0 atom stereocenters. The van der Waals surface area contributed by atoms with Gasteiger partial charge in [-0.15, -0.1) is 0 Å². The Kier molecular flexibility index (Phi) is 2.64. The molecule has 0 radical (unpaired) electrons. The number of aryl methyl sites for hydroxylation is 2. The van der Waals surface area contributed by atoms with E-state index < -0.39 is 0 Å². The molecule has 0 aliphatic heterocycles. The summed E-state index contributed by atoms with van der Waals surface area (Å²) < 4.78 is 4.07. The molecule has 3 heteroatoms. The van der Waals surface area contributed by atoms with Gasteiger partial charge in [-0.3, -0.25) is 4.79 Å². The number of ketones is 1. The van der Waals surface area contributed by atoms with Gasteiger partial charge in [0.05, 0.1) is 0 Å². The van der Waals surface area contributed by atoms with Crippen molar-refractivity contribution in [1.29, 1.82) is 0 Å². The highest BCUT2D eigenvalue weighted by molar-refractivity contribution is 7.03. The number of carbonyl (C=O) groups excluding carboxylic acids is 1. The minimum Gasteiger partial charge on any atom is -0.287 e. The summed E-state index contributed by atoms with van der Waals surface area (Å²) in [6.07, 6.45) is 0. The third-order valence-electron chi connectivity index (χ3n) is 2.38. The van der Waals surface area contributed by atoms with E-state index in [0.717, 1.165) is 16.7 Å². The molecular weight excluding hydrogens is 206 g/mol. The lowest BCUT2D eigenvalue weighted by Gasteiger charge is -2.06. The zero-order valence-electron chi connectivity index (χ0n) is 8.65. The second kappa shape index (κ2) is 3.95. The number of nitrogens with zero attached hydrogens (tertiary/aromatic N) is 1. The van der Waals surface area contributed by atoms with E-state index in [-0.39, 0.29) is 5.78 Å². The maximum atomic E-state index is 12.1. The molecule has 0 spiro atoms. The molecule has 0 fully saturated rings. The number of rotatable bonds is 2. The fourth-order valence-electron chi connectivity index (χ4n) is 1.63. The maximum Gasteiger partial charge on any atom is 0.212 e. The van der Waals surface area contributed by atoms with E-state index in [1.54, 1.807) is 6.07 Å². The number of carbonyl (C=O) groups is 1. The van der Waals surface area contributed by atoms with Gasteiger partial charge >= 0.3 is 0 Å². The molecule has 1 aromatic carbocycles. The lowest BCUT2D eigenvalue weighted by Crippen LogP contribution is -2.06. The summed E-state index contributed by atoms with van der Waals surface area (Å²) in [5.74, 6) is 0.0202. The standard InChI is InChI=1S/C12H11NOS/c1-8-4-3-5-9(2)11(8)12(14)10-6-7-15-13-10/h3-7H,1-2H3. The van der Waals surface area contributed by atoms with Gasteiger partial charge in [0.2, 0.25) is 5.78 Å². The molecule has 0 saturated carbocycles. The summed E-state index contributed by atoms with van der Waals surface area (Å²) >= 11 is 1.30.